The Labute approximate surface area is 132 Å². The Morgan fingerprint density at radius 2 is 1.65 bits per heavy atom. The van der Waals surface area contributed by atoms with Crippen LogP contribution in [0.3, 0.4) is 0 Å². The molecular formula is C18H37NS. The second kappa shape index (κ2) is 13.0. The van der Waals surface area contributed by atoms with Crippen LogP contribution in [-0.4, -0.2) is 23.6 Å². The molecular weight excluding hydrogens is 262 g/mol. The van der Waals surface area contributed by atoms with Crippen molar-refractivity contribution < 1.29 is 0 Å². The van der Waals surface area contributed by atoms with E-state index in [0.717, 1.165) is 11.3 Å². The van der Waals surface area contributed by atoms with E-state index in [1.54, 1.807) is 0 Å². The smallest absolute Gasteiger partial charge is 0.0201 e. The van der Waals surface area contributed by atoms with E-state index in [1.165, 1.54) is 89.3 Å². The lowest BCUT2D eigenvalue weighted by atomic mass is 10.0. The van der Waals surface area contributed by atoms with Gasteiger partial charge in [0.15, 0.2) is 0 Å². The normalized spacial score (nSPS) is 20.4. The van der Waals surface area contributed by atoms with Gasteiger partial charge in [-0.3, -0.25) is 0 Å². The molecule has 0 saturated carbocycles. The molecule has 0 spiro atoms. The lowest BCUT2D eigenvalue weighted by Gasteiger charge is -2.24. The van der Waals surface area contributed by atoms with Crippen LogP contribution in [0.15, 0.2) is 0 Å². The predicted molar refractivity (Wildman–Crippen MR) is 94.8 cm³/mol. The van der Waals surface area contributed by atoms with Gasteiger partial charge < -0.3 is 5.32 Å². The van der Waals surface area contributed by atoms with E-state index in [9.17, 15) is 0 Å². The van der Waals surface area contributed by atoms with Gasteiger partial charge in [-0.15, -0.1) is 0 Å². The van der Waals surface area contributed by atoms with Crippen LogP contribution in [0, 0.1) is 0 Å². The highest BCUT2D eigenvalue weighted by atomic mass is 32.2. The van der Waals surface area contributed by atoms with E-state index in [2.05, 4.69) is 30.9 Å². The van der Waals surface area contributed by atoms with Crippen LogP contribution in [0.1, 0.15) is 90.9 Å². The van der Waals surface area contributed by atoms with Crippen molar-refractivity contribution in [3.8, 4) is 0 Å². The first-order valence-electron chi connectivity index (χ1n) is 9.23. The zero-order valence-electron chi connectivity index (χ0n) is 14.0. The molecule has 2 heteroatoms. The van der Waals surface area contributed by atoms with E-state index in [4.69, 9.17) is 0 Å². The van der Waals surface area contributed by atoms with Crippen molar-refractivity contribution in [3.63, 3.8) is 0 Å². The second-order valence-corrected chi connectivity index (χ2v) is 7.72. The third kappa shape index (κ3) is 8.56. The molecule has 1 N–H and O–H groups in total. The lowest BCUT2D eigenvalue weighted by molar-refractivity contribution is 0.434. The van der Waals surface area contributed by atoms with E-state index in [-0.39, 0.29) is 0 Å². The Morgan fingerprint density at radius 3 is 2.25 bits per heavy atom. The second-order valence-electron chi connectivity index (χ2n) is 6.38. The van der Waals surface area contributed by atoms with Gasteiger partial charge in [0.2, 0.25) is 0 Å². The zero-order valence-corrected chi connectivity index (χ0v) is 14.8. The Bertz CT molecular complexity index is 202. The average Bonchev–Trinajstić information content (AvgIpc) is 2.99. The fourth-order valence-electron chi connectivity index (χ4n) is 3.17. The maximum atomic E-state index is 3.81. The molecule has 2 unspecified atom stereocenters. The average molecular weight is 300 g/mol. The molecule has 1 saturated heterocycles. The summed E-state index contributed by atoms with van der Waals surface area (Å²) in [4.78, 5) is 0. The molecule has 1 rings (SSSR count). The molecule has 1 heterocycles. The van der Waals surface area contributed by atoms with Gasteiger partial charge in [-0.25, -0.2) is 0 Å². The lowest BCUT2D eigenvalue weighted by Crippen LogP contribution is -2.37. The highest BCUT2D eigenvalue weighted by molar-refractivity contribution is 8.00. The SMILES string of the molecule is CCCCCCCCCCC(NCCC)C1CCCS1. The summed E-state index contributed by atoms with van der Waals surface area (Å²) in [7, 11) is 0. The summed E-state index contributed by atoms with van der Waals surface area (Å²) < 4.78 is 0. The van der Waals surface area contributed by atoms with Crippen molar-refractivity contribution in [3.05, 3.63) is 0 Å². The number of rotatable bonds is 13. The summed E-state index contributed by atoms with van der Waals surface area (Å²) in [6, 6.07) is 0.794. The van der Waals surface area contributed by atoms with E-state index >= 15 is 0 Å². The number of hydrogen-bond donors (Lipinski definition) is 1. The van der Waals surface area contributed by atoms with E-state index in [0.29, 0.717) is 0 Å². The third-order valence-corrected chi connectivity index (χ3v) is 5.96. The molecule has 2 atom stereocenters. The fraction of sp³-hybridized carbons (Fsp3) is 1.00. The molecule has 0 aliphatic carbocycles. The predicted octanol–water partition coefficient (Wildman–Crippen LogP) is 5.78. The highest BCUT2D eigenvalue weighted by Crippen LogP contribution is 2.30. The number of hydrogen-bond acceptors (Lipinski definition) is 2. The van der Waals surface area contributed by atoms with Crippen LogP contribution < -0.4 is 5.32 Å². The largest absolute Gasteiger partial charge is 0.313 e. The van der Waals surface area contributed by atoms with Crippen LogP contribution in [-0.2, 0) is 0 Å². The summed E-state index contributed by atoms with van der Waals surface area (Å²) in [5.41, 5.74) is 0. The van der Waals surface area contributed by atoms with Crippen molar-refractivity contribution in [1.29, 1.82) is 0 Å². The Morgan fingerprint density at radius 1 is 0.950 bits per heavy atom. The molecule has 1 fully saturated rings. The number of nitrogens with one attached hydrogen (secondary N) is 1. The minimum absolute atomic E-state index is 0.794. The molecule has 0 aromatic heterocycles. The minimum Gasteiger partial charge on any atom is -0.313 e. The highest BCUT2D eigenvalue weighted by Gasteiger charge is 2.24. The molecule has 0 bridgehead atoms. The summed E-state index contributed by atoms with van der Waals surface area (Å²) >= 11 is 2.22. The van der Waals surface area contributed by atoms with Gasteiger partial charge in [-0.2, -0.15) is 11.8 Å². The molecule has 1 nitrogen and oxygen atoms in total. The standard InChI is InChI=1S/C18H37NS/c1-3-5-6-7-8-9-10-11-13-17(19-15-4-2)18-14-12-16-20-18/h17-19H,3-16H2,1-2H3. The first kappa shape index (κ1) is 18.4. The Kier molecular flexibility index (Phi) is 11.9. The van der Waals surface area contributed by atoms with Gasteiger partial charge in [0, 0.05) is 11.3 Å². The summed E-state index contributed by atoms with van der Waals surface area (Å²) in [6.07, 6.45) is 17.1. The number of thioether (sulfide) groups is 1. The van der Waals surface area contributed by atoms with Gasteiger partial charge in [-0.1, -0.05) is 65.2 Å². The molecule has 0 radical (unpaired) electrons. The zero-order chi connectivity index (χ0) is 14.5. The molecule has 1 aliphatic rings. The molecule has 0 aromatic carbocycles. The maximum absolute atomic E-state index is 3.81. The number of unbranched alkanes of at least 4 members (excludes halogenated alkanes) is 7. The quantitative estimate of drug-likeness (QED) is 0.433. The van der Waals surface area contributed by atoms with Crippen LogP contribution in [0.4, 0.5) is 0 Å². The van der Waals surface area contributed by atoms with Crippen LogP contribution >= 0.6 is 11.8 Å². The van der Waals surface area contributed by atoms with Crippen molar-refractivity contribution in [1.82, 2.24) is 5.32 Å². The Balaban J connectivity index is 2.02. The molecule has 0 amide bonds. The first-order chi connectivity index (χ1) is 9.88. The van der Waals surface area contributed by atoms with Crippen molar-refractivity contribution in [2.75, 3.05) is 12.3 Å². The minimum atomic E-state index is 0.794. The molecule has 20 heavy (non-hydrogen) atoms. The van der Waals surface area contributed by atoms with Gasteiger partial charge in [-0.05, 0) is 38.0 Å². The van der Waals surface area contributed by atoms with Crippen molar-refractivity contribution >= 4 is 11.8 Å². The monoisotopic (exact) mass is 299 g/mol. The van der Waals surface area contributed by atoms with E-state index in [1.807, 2.05) is 0 Å². The topological polar surface area (TPSA) is 12.0 Å². The van der Waals surface area contributed by atoms with Gasteiger partial charge in [0.05, 0.1) is 0 Å². The fourth-order valence-corrected chi connectivity index (χ4v) is 4.60. The maximum Gasteiger partial charge on any atom is 0.0201 e. The van der Waals surface area contributed by atoms with Gasteiger partial charge in [0.1, 0.15) is 0 Å². The van der Waals surface area contributed by atoms with E-state index < -0.39 is 0 Å². The third-order valence-electron chi connectivity index (χ3n) is 4.44. The Hall–Kier alpha value is 0.310. The molecule has 1 aliphatic heterocycles. The first-order valence-corrected chi connectivity index (χ1v) is 10.3. The van der Waals surface area contributed by atoms with Crippen LogP contribution in [0.25, 0.3) is 0 Å². The van der Waals surface area contributed by atoms with Crippen LogP contribution in [0.2, 0.25) is 0 Å². The molecule has 120 valence electrons. The molecule has 0 aromatic rings. The van der Waals surface area contributed by atoms with Crippen molar-refractivity contribution in [2.45, 2.75) is 102 Å². The summed E-state index contributed by atoms with van der Waals surface area (Å²) in [5, 5.41) is 4.72. The summed E-state index contributed by atoms with van der Waals surface area (Å²) in [6.45, 7) is 5.78. The van der Waals surface area contributed by atoms with Crippen molar-refractivity contribution in [2.24, 2.45) is 0 Å². The summed E-state index contributed by atoms with van der Waals surface area (Å²) in [5.74, 6) is 1.40. The van der Waals surface area contributed by atoms with Crippen LogP contribution in [0.5, 0.6) is 0 Å². The van der Waals surface area contributed by atoms with Gasteiger partial charge in [0.25, 0.3) is 0 Å². The van der Waals surface area contributed by atoms with Gasteiger partial charge >= 0.3 is 0 Å².